The minimum absolute atomic E-state index is 0.123. The molecule has 0 unspecified atom stereocenters. The molecule has 0 spiro atoms. The van der Waals surface area contributed by atoms with Crippen LogP contribution in [0.2, 0.25) is 0 Å². The zero-order valence-electron chi connectivity index (χ0n) is 19.0. The lowest BCUT2D eigenvalue weighted by Gasteiger charge is -2.16. The molecule has 0 fully saturated rings. The van der Waals surface area contributed by atoms with Gasteiger partial charge in [-0.25, -0.2) is 8.42 Å². The minimum Gasteiger partial charge on any atom is -0.484 e. The van der Waals surface area contributed by atoms with E-state index in [1.807, 2.05) is 51.1 Å². The first-order chi connectivity index (χ1) is 15.5. The van der Waals surface area contributed by atoms with E-state index in [0.717, 1.165) is 21.2 Å². The van der Waals surface area contributed by atoms with Crippen LogP contribution in [0.15, 0.2) is 70.0 Å². The van der Waals surface area contributed by atoms with Crippen LogP contribution in [0.5, 0.6) is 5.75 Å². The fourth-order valence-corrected chi connectivity index (χ4v) is 4.81. The lowest BCUT2D eigenvalue weighted by Crippen LogP contribution is -2.31. The molecule has 3 rings (SSSR count). The highest BCUT2D eigenvalue weighted by atomic mass is 79.9. The fraction of sp³-hybridized carbons (Fsp3) is 0.240. The van der Waals surface area contributed by atoms with Crippen LogP contribution in [0.4, 0.5) is 5.69 Å². The number of aryl methyl sites for hydroxylation is 3. The minimum atomic E-state index is -3.75. The third-order valence-electron chi connectivity index (χ3n) is 5.30. The van der Waals surface area contributed by atoms with Crippen molar-refractivity contribution in [3.8, 4) is 5.75 Å². The van der Waals surface area contributed by atoms with Crippen molar-refractivity contribution >= 4 is 37.5 Å². The molecule has 3 aromatic rings. The fourth-order valence-electron chi connectivity index (χ4n) is 3.26. The standard InChI is InChI=1S/C25H27BrN2O4S/c1-16-8-9-22(12-17(16)2)28-33(30,31)23-10-11-24(18(3)13-23)32-15-25(29)27-19(4)20-6-5-7-21(26)14-20/h5-14,19,28H,15H2,1-4H3,(H,27,29)/t19-/m1/s1. The molecule has 0 heterocycles. The summed E-state index contributed by atoms with van der Waals surface area (Å²) in [6, 6.07) is 17.5. The normalized spacial score (nSPS) is 12.2. The molecule has 0 bridgehead atoms. The summed E-state index contributed by atoms with van der Waals surface area (Å²) in [5, 5.41) is 2.89. The van der Waals surface area contributed by atoms with Gasteiger partial charge < -0.3 is 10.1 Å². The quantitative estimate of drug-likeness (QED) is 0.406. The third-order valence-corrected chi connectivity index (χ3v) is 7.17. The number of nitrogens with one attached hydrogen (secondary N) is 2. The number of amides is 1. The summed E-state index contributed by atoms with van der Waals surface area (Å²) in [7, 11) is -3.75. The molecule has 0 radical (unpaired) electrons. The van der Waals surface area contributed by atoms with Gasteiger partial charge in [-0.15, -0.1) is 0 Å². The van der Waals surface area contributed by atoms with E-state index in [2.05, 4.69) is 26.0 Å². The smallest absolute Gasteiger partial charge is 0.261 e. The molecule has 1 amide bonds. The number of halogens is 1. The van der Waals surface area contributed by atoms with Crippen LogP contribution in [-0.4, -0.2) is 20.9 Å². The van der Waals surface area contributed by atoms with Crippen LogP contribution in [-0.2, 0) is 14.8 Å². The summed E-state index contributed by atoms with van der Waals surface area (Å²) >= 11 is 3.43. The molecule has 2 N–H and O–H groups in total. The number of anilines is 1. The van der Waals surface area contributed by atoms with Gasteiger partial charge in [0.05, 0.1) is 10.9 Å². The van der Waals surface area contributed by atoms with Crippen molar-refractivity contribution in [2.24, 2.45) is 0 Å². The van der Waals surface area contributed by atoms with Crippen molar-refractivity contribution in [2.45, 2.75) is 38.6 Å². The Balaban J connectivity index is 1.62. The first-order valence-corrected chi connectivity index (χ1v) is 12.7. The predicted molar refractivity (Wildman–Crippen MR) is 134 cm³/mol. The molecule has 0 aliphatic rings. The van der Waals surface area contributed by atoms with Gasteiger partial charge in [-0.2, -0.15) is 0 Å². The Morgan fingerprint density at radius 3 is 2.39 bits per heavy atom. The molecule has 8 heteroatoms. The zero-order valence-corrected chi connectivity index (χ0v) is 21.4. The Hall–Kier alpha value is -2.84. The number of benzene rings is 3. The average Bonchev–Trinajstić information content (AvgIpc) is 2.75. The zero-order chi connectivity index (χ0) is 24.2. The van der Waals surface area contributed by atoms with Gasteiger partial charge in [0, 0.05) is 10.2 Å². The van der Waals surface area contributed by atoms with Gasteiger partial charge in [-0.1, -0.05) is 34.1 Å². The van der Waals surface area contributed by atoms with E-state index in [-0.39, 0.29) is 23.5 Å². The number of hydrogen-bond acceptors (Lipinski definition) is 4. The number of ether oxygens (including phenoxy) is 1. The largest absolute Gasteiger partial charge is 0.484 e. The van der Waals surface area contributed by atoms with E-state index in [0.29, 0.717) is 17.0 Å². The molecule has 0 saturated heterocycles. The number of sulfonamides is 1. The van der Waals surface area contributed by atoms with Gasteiger partial charge in [0.1, 0.15) is 5.75 Å². The maximum absolute atomic E-state index is 12.8. The van der Waals surface area contributed by atoms with E-state index in [1.54, 1.807) is 25.1 Å². The van der Waals surface area contributed by atoms with Crippen molar-refractivity contribution < 1.29 is 17.9 Å². The molecular weight excluding hydrogens is 504 g/mol. The lowest BCUT2D eigenvalue weighted by molar-refractivity contribution is -0.123. The number of carbonyl (C=O) groups is 1. The summed E-state index contributed by atoms with van der Waals surface area (Å²) in [5.74, 6) is 0.181. The summed E-state index contributed by atoms with van der Waals surface area (Å²) in [6.45, 7) is 7.36. The maximum atomic E-state index is 12.8. The van der Waals surface area contributed by atoms with E-state index >= 15 is 0 Å². The van der Waals surface area contributed by atoms with Crippen molar-refractivity contribution in [3.63, 3.8) is 0 Å². The van der Waals surface area contributed by atoms with Crippen molar-refractivity contribution in [2.75, 3.05) is 11.3 Å². The molecule has 0 saturated carbocycles. The second-order valence-electron chi connectivity index (χ2n) is 7.96. The van der Waals surface area contributed by atoms with Crippen LogP contribution in [0.3, 0.4) is 0 Å². The van der Waals surface area contributed by atoms with Gasteiger partial charge in [0.2, 0.25) is 0 Å². The molecule has 6 nitrogen and oxygen atoms in total. The Kier molecular flexibility index (Phi) is 7.81. The Morgan fingerprint density at radius 2 is 1.73 bits per heavy atom. The first kappa shape index (κ1) is 24.8. The lowest BCUT2D eigenvalue weighted by atomic mass is 10.1. The van der Waals surface area contributed by atoms with E-state index in [1.165, 1.54) is 12.1 Å². The molecule has 0 aliphatic heterocycles. The van der Waals surface area contributed by atoms with Crippen LogP contribution >= 0.6 is 15.9 Å². The summed E-state index contributed by atoms with van der Waals surface area (Å²) in [4.78, 5) is 12.4. The summed E-state index contributed by atoms with van der Waals surface area (Å²) in [6.07, 6.45) is 0. The SMILES string of the molecule is Cc1ccc(NS(=O)(=O)c2ccc(OCC(=O)N[C@H](C)c3cccc(Br)c3)c(C)c2)cc1C. The van der Waals surface area contributed by atoms with Crippen molar-refractivity contribution in [1.82, 2.24) is 5.32 Å². The van der Waals surface area contributed by atoms with Crippen LogP contribution in [0, 0.1) is 20.8 Å². The first-order valence-electron chi connectivity index (χ1n) is 10.4. The second-order valence-corrected chi connectivity index (χ2v) is 10.6. The highest BCUT2D eigenvalue weighted by Crippen LogP contribution is 2.24. The second kappa shape index (κ2) is 10.4. The van der Waals surface area contributed by atoms with Crippen LogP contribution in [0.1, 0.15) is 35.2 Å². The van der Waals surface area contributed by atoms with Gasteiger partial charge >= 0.3 is 0 Å². The number of carbonyl (C=O) groups excluding carboxylic acids is 1. The number of hydrogen-bond donors (Lipinski definition) is 2. The van der Waals surface area contributed by atoms with E-state index < -0.39 is 10.0 Å². The molecule has 3 aromatic carbocycles. The molecule has 0 aromatic heterocycles. The monoisotopic (exact) mass is 530 g/mol. The van der Waals surface area contributed by atoms with Gasteiger partial charge in [0.15, 0.2) is 6.61 Å². The van der Waals surface area contributed by atoms with E-state index in [9.17, 15) is 13.2 Å². The Morgan fingerprint density at radius 1 is 0.970 bits per heavy atom. The van der Waals surface area contributed by atoms with E-state index in [4.69, 9.17) is 4.74 Å². The highest BCUT2D eigenvalue weighted by molar-refractivity contribution is 9.10. The maximum Gasteiger partial charge on any atom is 0.261 e. The third kappa shape index (κ3) is 6.58. The van der Waals surface area contributed by atoms with Gasteiger partial charge in [-0.3, -0.25) is 9.52 Å². The van der Waals surface area contributed by atoms with Crippen molar-refractivity contribution in [3.05, 3.63) is 87.4 Å². The molecule has 0 aliphatic carbocycles. The summed E-state index contributed by atoms with van der Waals surface area (Å²) < 4.78 is 34.8. The topological polar surface area (TPSA) is 84.5 Å². The summed E-state index contributed by atoms with van der Waals surface area (Å²) in [5.41, 5.74) is 4.19. The Bertz CT molecular complexity index is 1280. The van der Waals surface area contributed by atoms with Crippen molar-refractivity contribution in [1.29, 1.82) is 0 Å². The Labute approximate surface area is 203 Å². The van der Waals surface area contributed by atoms with Gasteiger partial charge in [0.25, 0.3) is 15.9 Å². The predicted octanol–water partition coefficient (Wildman–Crippen LogP) is 5.43. The highest BCUT2D eigenvalue weighted by Gasteiger charge is 2.17. The van der Waals surface area contributed by atoms with Crippen LogP contribution < -0.4 is 14.8 Å². The molecule has 1 atom stereocenters. The molecular formula is C25H27BrN2O4S. The molecule has 174 valence electrons. The number of rotatable bonds is 8. The average molecular weight is 531 g/mol. The molecule has 33 heavy (non-hydrogen) atoms. The van der Waals surface area contributed by atoms with Gasteiger partial charge in [-0.05, 0) is 92.4 Å². The van der Waals surface area contributed by atoms with Crippen LogP contribution in [0.25, 0.3) is 0 Å².